The van der Waals surface area contributed by atoms with Crippen LogP contribution in [0.15, 0.2) is 36.4 Å². The van der Waals surface area contributed by atoms with Crippen LogP contribution in [0.2, 0.25) is 10.0 Å². The van der Waals surface area contributed by atoms with Crippen molar-refractivity contribution < 1.29 is 14.6 Å². The third-order valence-corrected chi connectivity index (χ3v) is 5.18. The van der Waals surface area contributed by atoms with Gasteiger partial charge in [-0.2, -0.15) is 0 Å². The summed E-state index contributed by atoms with van der Waals surface area (Å²) in [7, 11) is 0. The molecule has 1 N–H and O–H groups in total. The molecule has 3 nitrogen and oxygen atoms in total. The summed E-state index contributed by atoms with van der Waals surface area (Å²) >= 11 is 18.3. The van der Waals surface area contributed by atoms with Crippen LogP contribution in [-0.2, 0) is 5.41 Å². The smallest absolute Gasteiger partial charge is 0.156 e. The normalized spacial score (nSPS) is 12.7. The predicted molar refractivity (Wildman–Crippen MR) is 112 cm³/mol. The number of halogens is 3. The Morgan fingerprint density at radius 1 is 1.07 bits per heavy atom. The van der Waals surface area contributed by atoms with E-state index in [2.05, 4.69) is 20.8 Å². The maximum atomic E-state index is 9.55. The number of benzene rings is 2. The number of ether oxygens (including phenoxy) is 2. The fourth-order valence-corrected chi connectivity index (χ4v) is 3.26. The highest BCUT2D eigenvalue weighted by Crippen LogP contribution is 2.40. The van der Waals surface area contributed by atoms with E-state index in [1.807, 2.05) is 36.4 Å². The second-order valence-electron chi connectivity index (χ2n) is 6.64. The van der Waals surface area contributed by atoms with E-state index in [-0.39, 0.29) is 17.9 Å². The molecule has 27 heavy (non-hydrogen) atoms. The van der Waals surface area contributed by atoms with Crippen LogP contribution in [0.3, 0.4) is 0 Å². The van der Waals surface area contributed by atoms with Gasteiger partial charge in [-0.3, -0.25) is 0 Å². The molecule has 0 fully saturated rings. The molecule has 0 aliphatic rings. The van der Waals surface area contributed by atoms with Gasteiger partial charge in [0.25, 0.3) is 0 Å². The molecule has 0 aliphatic carbocycles. The minimum absolute atomic E-state index is 0.0256. The first-order valence-corrected chi connectivity index (χ1v) is 9.79. The van der Waals surface area contributed by atoms with Crippen molar-refractivity contribution in [2.24, 2.45) is 0 Å². The van der Waals surface area contributed by atoms with E-state index in [0.29, 0.717) is 22.4 Å². The molecule has 2 rings (SSSR count). The average Bonchev–Trinajstić information content (AvgIpc) is 2.65. The van der Waals surface area contributed by atoms with E-state index in [4.69, 9.17) is 44.3 Å². The Kier molecular flexibility index (Phi) is 8.11. The van der Waals surface area contributed by atoms with Gasteiger partial charge >= 0.3 is 0 Å². The summed E-state index contributed by atoms with van der Waals surface area (Å²) in [6.07, 6.45) is 0.925. The summed E-state index contributed by atoms with van der Waals surface area (Å²) in [5, 5.41) is 10.3. The first-order chi connectivity index (χ1) is 12.8. The van der Waals surface area contributed by atoms with Crippen molar-refractivity contribution in [2.75, 3.05) is 19.1 Å². The van der Waals surface area contributed by atoms with Crippen LogP contribution in [0.1, 0.15) is 25.0 Å². The molecule has 6 heteroatoms. The van der Waals surface area contributed by atoms with Gasteiger partial charge in [-0.25, -0.2) is 0 Å². The topological polar surface area (TPSA) is 38.7 Å². The van der Waals surface area contributed by atoms with E-state index in [1.165, 1.54) is 0 Å². The van der Waals surface area contributed by atoms with E-state index in [0.717, 1.165) is 16.9 Å². The van der Waals surface area contributed by atoms with Crippen molar-refractivity contribution in [3.63, 3.8) is 0 Å². The van der Waals surface area contributed by atoms with Crippen LogP contribution in [-0.4, -0.2) is 30.3 Å². The zero-order valence-electron chi connectivity index (χ0n) is 15.3. The van der Waals surface area contributed by atoms with Gasteiger partial charge in [0.15, 0.2) is 5.75 Å². The van der Waals surface area contributed by atoms with Gasteiger partial charge in [-0.1, -0.05) is 49.2 Å². The maximum absolute atomic E-state index is 9.55. The monoisotopic (exact) mass is 428 g/mol. The lowest BCUT2D eigenvalue weighted by Gasteiger charge is -2.27. The Balaban J connectivity index is 2.25. The summed E-state index contributed by atoms with van der Waals surface area (Å²) in [5.41, 5.74) is 1.70. The molecule has 0 bridgehead atoms. The highest BCUT2D eigenvalue weighted by molar-refractivity contribution is 6.37. The lowest BCUT2D eigenvalue weighted by molar-refractivity contribution is 0.125. The van der Waals surface area contributed by atoms with Gasteiger partial charge in [0.2, 0.25) is 0 Å². The minimum atomic E-state index is -0.781. The molecule has 0 amide bonds. The molecule has 2 aromatic carbocycles. The summed E-state index contributed by atoms with van der Waals surface area (Å²) in [5.74, 6) is 1.20. The van der Waals surface area contributed by atoms with E-state index < -0.39 is 6.10 Å². The van der Waals surface area contributed by atoms with E-state index in [9.17, 15) is 5.11 Å². The molecule has 2 radical (unpaired) electrons. The van der Waals surface area contributed by atoms with Crippen LogP contribution in [0.25, 0.3) is 0 Å². The summed E-state index contributed by atoms with van der Waals surface area (Å²) < 4.78 is 11.1. The number of hydrogen-bond acceptors (Lipinski definition) is 3. The van der Waals surface area contributed by atoms with Crippen molar-refractivity contribution in [3.8, 4) is 11.5 Å². The summed E-state index contributed by atoms with van der Waals surface area (Å²) in [6, 6.07) is 11.5. The molecule has 0 aliphatic heterocycles. The Morgan fingerprint density at radius 3 is 2.19 bits per heavy atom. The van der Waals surface area contributed by atoms with E-state index >= 15 is 0 Å². The lowest BCUT2D eigenvalue weighted by Crippen LogP contribution is -2.20. The third kappa shape index (κ3) is 5.68. The van der Waals surface area contributed by atoms with Gasteiger partial charge in [-0.15, -0.1) is 11.6 Å². The van der Waals surface area contributed by atoms with Crippen molar-refractivity contribution in [1.29, 1.82) is 0 Å². The number of alkyl halides is 1. The fourth-order valence-electron chi connectivity index (χ4n) is 2.57. The molecule has 0 saturated carbocycles. The minimum Gasteiger partial charge on any atom is -0.493 e. The van der Waals surface area contributed by atoms with Crippen LogP contribution >= 0.6 is 34.8 Å². The Bertz CT molecular complexity index is 722. The lowest BCUT2D eigenvalue weighted by atomic mass is 9.78. The quantitative estimate of drug-likeness (QED) is 0.518. The first-order valence-electron chi connectivity index (χ1n) is 8.50. The molecule has 146 valence electrons. The number of aliphatic hydroxyl groups excluding tert-OH is 1. The van der Waals surface area contributed by atoms with Crippen molar-refractivity contribution in [3.05, 3.63) is 70.9 Å². The Labute approximate surface area is 176 Å². The molecule has 0 spiro atoms. The second kappa shape index (κ2) is 9.88. The average molecular weight is 430 g/mol. The molecule has 2 aromatic rings. The molecule has 0 heterocycles. The molecule has 0 aromatic heterocycles. The largest absolute Gasteiger partial charge is 0.493 e. The van der Waals surface area contributed by atoms with Gasteiger partial charge in [0.1, 0.15) is 18.5 Å². The summed E-state index contributed by atoms with van der Waals surface area (Å²) in [4.78, 5) is 0. The zero-order valence-corrected chi connectivity index (χ0v) is 17.6. The molecule has 0 unspecified atom stereocenters. The molecule has 0 saturated heterocycles. The summed E-state index contributed by atoms with van der Waals surface area (Å²) in [6.45, 7) is 8.31. The van der Waals surface area contributed by atoms with Crippen molar-refractivity contribution in [2.45, 2.75) is 25.4 Å². The van der Waals surface area contributed by atoms with Crippen molar-refractivity contribution in [1.82, 2.24) is 0 Å². The molecular weight excluding hydrogens is 407 g/mol. The van der Waals surface area contributed by atoms with Gasteiger partial charge in [0.05, 0.1) is 22.5 Å². The third-order valence-electron chi connectivity index (χ3n) is 4.26. The van der Waals surface area contributed by atoms with Crippen LogP contribution < -0.4 is 9.47 Å². The highest BCUT2D eigenvalue weighted by Gasteiger charge is 2.26. The van der Waals surface area contributed by atoms with E-state index in [1.54, 1.807) is 6.42 Å². The predicted octanol–water partition coefficient (Wildman–Crippen LogP) is 5.71. The number of rotatable bonds is 9. The Morgan fingerprint density at radius 2 is 1.67 bits per heavy atom. The fraction of sp³-hybridized carbons (Fsp3) is 0.333. The number of aliphatic hydroxyl groups is 1. The van der Waals surface area contributed by atoms with Crippen LogP contribution in [0.4, 0.5) is 0 Å². The van der Waals surface area contributed by atoms with Gasteiger partial charge in [0, 0.05) is 5.41 Å². The zero-order chi connectivity index (χ0) is 20.0. The number of hydrogen-bond donors (Lipinski definition) is 1. The SMILES string of the molecule is [CH2][CH]COc1ccc(C(C)(C)c2cc(Cl)c(OC[C@@H](O)CCl)c(Cl)c2)cc1. The highest BCUT2D eigenvalue weighted by atomic mass is 35.5. The van der Waals surface area contributed by atoms with Crippen molar-refractivity contribution >= 4 is 34.8 Å². The first kappa shape index (κ1) is 22.2. The van der Waals surface area contributed by atoms with Crippen LogP contribution in [0.5, 0.6) is 11.5 Å². The second-order valence-corrected chi connectivity index (χ2v) is 7.76. The standard InChI is InChI=1S/C21H23Cl3O3/c1-4-9-26-17-7-5-14(6-8-17)21(2,3)15-10-18(23)20(19(24)11-15)27-13-16(25)12-22/h4-8,10-11,16,25H,1,9,12-13H2,2-3H3/t16-/m0/s1. The van der Waals surface area contributed by atoms with Crippen LogP contribution in [0, 0.1) is 13.3 Å². The molecular formula is C21H23Cl3O3. The van der Waals surface area contributed by atoms with Gasteiger partial charge < -0.3 is 14.6 Å². The Hall–Kier alpha value is -1.13. The maximum Gasteiger partial charge on any atom is 0.156 e. The molecule has 1 atom stereocenters. The van der Waals surface area contributed by atoms with Gasteiger partial charge in [-0.05, 0) is 48.7 Å².